The maximum Gasteiger partial charge on any atom is 0.256 e. The maximum absolute atomic E-state index is 13.0. The molecule has 0 aliphatic heterocycles. The van der Waals surface area contributed by atoms with Gasteiger partial charge in [-0.05, 0) is 42.3 Å². The third-order valence-electron chi connectivity index (χ3n) is 4.91. The predicted octanol–water partition coefficient (Wildman–Crippen LogP) is 4.88. The topological polar surface area (TPSA) is 72.2 Å². The molecule has 0 aliphatic carbocycles. The Kier molecular flexibility index (Phi) is 4.10. The number of aromatic nitrogens is 4. The minimum absolute atomic E-state index is 0.129. The van der Waals surface area contributed by atoms with Crippen molar-refractivity contribution in [3.05, 3.63) is 77.6 Å². The molecule has 0 radical (unpaired) electrons. The second kappa shape index (κ2) is 6.79. The van der Waals surface area contributed by atoms with Gasteiger partial charge >= 0.3 is 0 Å². The molecule has 6 nitrogen and oxygen atoms in total. The molecular weight excluding hydrogens is 382 g/mol. The number of fused-ring (bicyclic) bond motifs is 2. The molecule has 5 aromatic rings. The van der Waals surface area contributed by atoms with Gasteiger partial charge in [0.25, 0.3) is 5.91 Å². The lowest BCUT2D eigenvalue weighted by molar-refractivity contribution is 0.102. The second-order valence-electron chi connectivity index (χ2n) is 6.86. The van der Waals surface area contributed by atoms with E-state index >= 15 is 0 Å². The van der Waals surface area contributed by atoms with E-state index in [1.54, 1.807) is 4.52 Å². The fraction of sp³-hybridized carbons (Fsp3) is 0.0909. The molecule has 7 heteroatoms. The number of nitrogens with one attached hydrogen (secondary N) is 1. The third kappa shape index (κ3) is 3.05. The van der Waals surface area contributed by atoms with Gasteiger partial charge in [0.2, 0.25) is 4.96 Å². The Balaban J connectivity index is 1.51. The van der Waals surface area contributed by atoms with Gasteiger partial charge in [0.1, 0.15) is 5.01 Å². The van der Waals surface area contributed by atoms with Crippen molar-refractivity contribution in [2.45, 2.75) is 13.8 Å². The zero-order valence-corrected chi connectivity index (χ0v) is 16.7. The van der Waals surface area contributed by atoms with Gasteiger partial charge in [0.15, 0.2) is 5.82 Å². The van der Waals surface area contributed by atoms with E-state index in [-0.39, 0.29) is 5.91 Å². The standard InChI is InChI=1S/C22H17N5OS/c1-13-10-11-16(21-26-27-14(2)24-25-22(27)29-21)12-19(13)23-20(28)18-9-5-7-15-6-3-4-8-17(15)18/h3-12H,1-2H3,(H,23,28). The smallest absolute Gasteiger partial charge is 0.256 e. The molecule has 2 aromatic heterocycles. The SMILES string of the molecule is Cc1ccc(-c2nn3c(C)nnc3s2)cc1NC(=O)c1cccc2ccccc12. The number of anilines is 1. The summed E-state index contributed by atoms with van der Waals surface area (Å²) in [7, 11) is 0. The first-order chi connectivity index (χ1) is 14.1. The Labute approximate surface area is 170 Å². The molecule has 3 aromatic carbocycles. The van der Waals surface area contributed by atoms with E-state index in [4.69, 9.17) is 0 Å². The van der Waals surface area contributed by atoms with E-state index in [1.807, 2.05) is 74.5 Å². The van der Waals surface area contributed by atoms with Gasteiger partial charge in [0, 0.05) is 16.8 Å². The van der Waals surface area contributed by atoms with Crippen molar-refractivity contribution in [1.29, 1.82) is 0 Å². The molecule has 0 saturated heterocycles. The van der Waals surface area contributed by atoms with E-state index in [9.17, 15) is 4.79 Å². The molecule has 29 heavy (non-hydrogen) atoms. The zero-order valence-electron chi connectivity index (χ0n) is 15.9. The van der Waals surface area contributed by atoms with E-state index in [2.05, 4.69) is 20.6 Å². The van der Waals surface area contributed by atoms with Crippen LogP contribution in [-0.2, 0) is 0 Å². The highest BCUT2D eigenvalue weighted by Gasteiger charge is 2.14. The molecule has 142 valence electrons. The fourth-order valence-corrected chi connectivity index (χ4v) is 4.22. The van der Waals surface area contributed by atoms with Crippen molar-refractivity contribution >= 4 is 38.7 Å². The number of carbonyl (C=O) groups excluding carboxylic acids is 1. The lowest BCUT2D eigenvalue weighted by atomic mass is 10.0. The number of hydrogen-bond donors (Lipinski definition) is 1. The van der Waals surface area contributed by atoms with Gasteiger partial charge in [-0.2, -0.15) is 9.61 Å². The van der Waals surface area contributed by atoms with Crippen LogP contribution in [0.3, 0.4) is 0 Å². The first kappa shape index (κ1) is 17.5. The maximum atomic E-state index is 13.0. The Bertz CT molecular complexity index is 1380. The Morgan fingerprint density at radius 1 is 1.00 bits per heavy atom. The first-order valence-electron chi connectivity index (χ1n) is 9.19. The van der Waals surface area contributed by atoms with Crippen LogP contribution in [0.25, 0.3) is 26.3 Å². The largest absolute Gasteiger partial charge is 0.322 e. The van der Waals surface area contributed by atoms with Crippen LogP contribution in [0.2, 0.25) is 0 Å². The molecule has 0 atom stereocenters. The molecule has 2 heterocycles. The van der Waals surface area contributed by atoms with Crippen LogP contribution < -0.4 is 5.32 Å². The number of benzene rings is 3. The lowest BCUT2D eigenvalue weighted by Crippen LogP contribution is -2.13. The highest BCUT2D eigenvalue weighted by molar-refractivity contribution is 7.19. The zero-order chi connectivity index (χ0) is 20.0. The molecule has 0 aliphatic rings. The minimum atomic E-state index is -0.129. The van der Waals surface area contributed by atoms with Crippen molar-refractivity contribution < 1.29 is 4.79 Å². The van der Waals surface area contributed by atoms with Crippen molar-refractivity contribution in [3.8, 4) is 10.6 Å². The van der Waals surface area contributed by atoms with Gasteiger partial charge in [-0.1, -0.05) is 59.9 Å². The van der Waals surface area contributed by atoms with Gasteiger partial charge in [-0.25, -0.2) is 0 Å². The summed E-state index contributed by atoms with van der Waals surface area (Å²) >= 11 is 1.47. The number of hydrogen-bond acceptors (Lipinski definition) is 5. The molecule has 1 N–H and O–H groups in total. The number of amides is 1. The summed E-state index contributed by atoms with van der Waals surface area (Å²) in [6, 6.07) is 19.6. The summed E-state index contributed by atoms with van der Waals surface area (Å²) in [4.78, 5) is 13.8. The highest BCUT2D eigenvalue weighted by Crippen LogP contribution is 2.29. The number of rotatable bonds is 3. The Morgan fingerprint density at radius 2 is 1.83 bits per heavy atom. The molecule has 0 unspecified atom stereocenters. The van der Waals surface area contributed by atoms with Crippen molar-refractivity contribution in [2.24, 2.45) is 0 Å². The first-order valence-corrected chi connectivity index (χ1v) is 10.0. The Hall–Kier alpha value is -3.58. The van der Waals surface area contributed by atoms with Crippen molar-refractivity contribution in [1.82, 2.24) is 19.8 Å². The molecule has 0 bridgehead atoms. The molecule has 0 saturated carbocycles. The minimum Gasteiger partial charge on any atom is -0.322 e. The third-order valence-corrected chi connectivity index (χ3v) is 5.86. The summed E-state index contributed by atoms with van der Waals surface area (Å²) in [5.41, 5.74) is 3.34. The molecule has 1 amide bonds. The van der Waals surface area contributed by atoms with Crippen LogP contribution in [0.1, 0.15) is 21.7 Å². The summed E-state index contributed by atoms with van der Waals surface area (Å²) in [6.07, 6.45) is 0. The molecule has 0 fully saturated rings. The van der Waals surface area contributed by atoms with Crippen molar-refractivity contribution in [2.75, 3.05) is 5.32 Å². The average molecular weight is 399 g/mol. The average Bonchev–Trinajstić information content (AvgIpc) is 3.31. The van der Waals surface area contributed by atoms with Crippen LogP contribution >= 0.6 is 11.3 Å². The lowest BCUT2D eigenvalue weighted by Gasteiger charge is -2.11. The number of nitrogens with zero attached hydrogens (tertiary/aromatic N) is 4. The van der Waals surface area contributed by atoms with Gasteiger partial charge in [-0.3, -0.25) is 4.79 Å². The predicted molar refractivity (Wildman–Crippen MR) is 115 cm³/mol. The molecule has 5 rings (SSSR count). The van der Waals surface area contributed by atoms with Crippen LogP contribution in [0, 0.1) is 13.8 Å². The van der Waals surface area contributed by atoms with Gasteiger partial charge < -0.3 is 5.32 Å². The second-order valence-corrected chi connectivity index (χ2v) is 7.82. The monoisotopic (exact) mass is 399 g/mol. The van der Waals surface area contributed by atoms with E-state index < -0.39 is 0 Å². The van der Waals surface area contributed by atoms with Crippen molar-refractivity contribution in [3.63, 3.8) is 0 Å². The Morgan fingerprint density at radius 3 is 2.69 bits per heavy atom. The quantitative estimate of drug-likeness (QED) is 0.470. The van der Waals surface area contributed by atoms with Crippen LogP contribution in [0.4, 0.5) is 5.69 Å². The summed E-state index contributed by atoms with van der Waals surface area (Å²) in [6.45, 7) is 3.85. The van der Waals surface area contributed by atoms with Gasteiger partial charge in [0.05, 0.1) is 0 Å². The van der Waals surface area contributed by atoms with Crippen LogP contribution in [-0.4, -0.2) is 25.7 Å². The van der Waals surface area contributed by atoms with Gasteiger partial charge in [-0.15, -0.1) is 10.2 Å². The summed E-state index contributed by atoms with van der Waals surface area (Å²) < 4.78 is 1.73. The summed E-state index contributed by atoms with van der Waals surface area (Å²) in [5, 5.41) is 18.6. The molecular formula is C22H17N5OS. The van der Waals surface area contributed by atoms with E-state index in [0.29, 0.717) is 5.56 Å². The van der Waals surface area contributed by atoms with Crippen LogP contribution in [0.5, 0.6) is 0 Å². The fourth-order valence-electron chi connectivity index (χ4n) is 3.33. The number of aryl methyl sites for hydroxylation is 2. The number of carbonyl (C=O) groups is 1. The normalized spacial score (nSPS) is 11.2. The van der Waals surface area contributed by atoms with Crippen LogP contribution in [0.15, 0.2) is 60.7 Å². The highest BCUT2D eigenvalue weighted by atomic mass is 32.1. The molecule has 0 spiro atoms. The van der Waals surface area contributed by atoms with E-state index in [1.165, 1.54) is 11.3 Å². The summed E-state index contributed by atoms with van der Waals surface area (Å²) in [5.74, 6) is 0.620. The van der Waals surface area contributed by atoms with E-state index in [0.717, 1.165) is 43.4 Å².